The van der Waals surface area contributed by atoms with Crippen LogP contribution in [0.15, 0.2) is 23.7 Å². The molecule has 2 rings (SSSR count). The first-order valence-corrected chi connectivity index (χ1v) is 5.79. The van der Waals surface area contributed by atoms with Crippen molar-refractivity contribution in [2.24, 2.45) is 0 Å². The number of nitrogens with one attached hydrogen (secondary N) is 1. The highest BCUT2D eigenvalue weighted by molar-refractivity contribution is 7.09. The van der Waals surface area contributed by atoms with Crippen LogP contribution in [0.3, 0.4) is 0 Å². The standard InChI is InChI=1S/C10H12N4OS/c1-14(5-4-8-3-2-6-16-8)10(15)9-7-11-13-12-9/h2-3,6-7H,4-5H2,1H3,(H,11,12,13). The van der Waals surface area contributed by atoms with Crippen molar-refractivity contribution in [3.05, 3.63) is 34.3 Å². The Morgan fingerprint density at radius 2 is 2.50 bits per heavy atom. The number of likely N-dealkylation sites (N-methyl/N-ethyl adjacent to an activating group) is 1. The monoisotopic (exact) mass is 236 g/mol. The maximum Gasteiger partial charge on any atom is 0.275 e. The predicted octanol–water partition coefficient (Wildman–Crippen LogP) is 1.18. The molecule has 0 saturated carbocycles. The normalized spacial score (nSPS) is 10.3. The summed E-state index contributed by atoms with van der Waals surface area (Å²) in [6, 6.07) is 4.08. The molecule has 0 aliphatic rings. The van der Waals surface area contributed by atoms with E-state index < -0.39 is 0 Å². The third kappa shape index (κ3) is 2.46. The summed E-state index contributed by atoms with van der Waals surface area (Å²) in [7, 11) is 1.77. The largest absolute Gasteiger partial charge is 0.340 e. The van der Waals surface area contributed by atoms with Gasteiger partial charge in [0.2, 0.25) is 0 Å². The molecule has 0 radical (unpaired) electrons. The van der Waals surface area contributed by atoms with E-state index in [2.05, 4.69) is 21.5 Å². The summed E-state index contributed by atoms with van der Waals surface area (Å²) in [5, 5.41) is 11.8. The lowest BCUT2D eigenvalue weighted by atomic mass is 10.3. The highest BCUT2D eigenvalue weighted by Crippen LogP contribution is 2.09. The Labute approximate surface area is 97.1 Å². The highest BCUT2D eigenvalue weighted by atomic mass is 32.1. The predicted molar refractivity (Wildman–Crippen MR) is 61.4 cm³/mol. The van der Waals surface area contributed by atoms with Gasteiger partial charge in [-0.1, -0.05) is 6.07 Å². The number of rotatable bonds is 4. The number of nitrogens with zero attached hydrogens (tertiary/aromatic N) is 3. The van der Waals surface area contributed by atoms with E-state index in [0.717, 1.165) is 6.42 Å². The molecule has 0 aromatic carbocycles. The SMILES string of the molecule is CN(CCc1cccs1)C(=O)c1cn[nH]n1. The van der Waals surface area contributed by atoms with E-state index in [1.54, 1.807) is 23.3 Å². The second-order valence-electron chi connectivity index (χ2n) is 3.41. The van der Waals surface area contributed by atoms with E-state index in [-0.39, 0.29) is 5.91 Å². The lowest BCUT2D eigenvalue weighted by molar-refractivity contribution is 0.0791. The Morgan fingerprint density at radius 1 is 1.62 bits per heavy atom. The van der Waals surface area contributed by atoms with E-state index in [1.165, 1.54) is 11.1 Å². The molecule has 0 bridgehead atoms. The van der Waals surface area contributed by atoms with Crippen molar-refractivity contribution in [2.75, 3.05) is 13.6 Å². The van der Waals surface area contributed by atoms with Gasteiger partial charge >= 0.3 is 0 Å². The second-order valence-corrected chi connectivity index (χ2v) is 4.44. The van der Waals surface area contributed by atoms with Gasteiger partial charge in [-0.2, -0.15) is 15.4 Å². The number of amides is 1. The van der Waals surface area contributed by atoms with Crippen LogP contribution >= 0.6 is 11.3 Å². The molecule has 2 aromatic rings. The number of hydrogen-bond donors (Lipinski definition) is 1. The summed E-state index contributed by atoms with van der Waals surface area (Å²) in [5.41, 5.74) is 0.355. The van der Waals surface area contributed by atoms with Crippen LogP contribution in [0.5, 0.6) is 0 Å². The first kappa shape index (κ1) is 10.8. The quantitative estimate of drug-likeness (QED) is 0.867. The number of carbonyl (C=O) groups is 1. The fourth-order valence-electron chi connectivity index (χ4n) is 1.33. The lowest BCUT2D eigenvalue weighted by Crippen LogP contribution is -2.29. The number of hydrogen-bond acceptors (Lipinski definition) is 4. The lowest BCUT2D eigenvalue weighted by Gasteiger charge is -2.14. The van der Waals surface area contributed by atoms with Crippen LogP contribution in [0.25, 0.3) is 0 Å². The molecule has 0 unspecified atom stereocenters. The highest BCUT2D eigenvalue weighted by Gasteiger charge is 2.13. The third-order valence-electron chi connectivity index (χ3n) is 2.25. The Bertz CT molecular complexity index is 437. The van der Waals surface area contributed by atoms with Crippen molar-refractivity contribution < 1.29 is 4.79 Å². The van der Waals surface area contributed by atoms with E-state index in [0.29, 0.717) is 12.2 Å². The molecule has 1 N–H and O–H groups in total. The Balaban J connectivity index is 1.89. The fraction of sp³-hybridized carbons (Fsp3) is 0.300. The minimum atomic E-state index is -0.106. The van der Waals surface area contributed by atoms with Crippen molar-refractivity contribution in [2.45, 2.75) is 6.42 Å². The number of thiophene rings is 1. The molecule has 16 heavy (non-hydrogen) atoms. The van der Waals surface area contributed by atoms with Crippen LogP contribution < -0.4 is 0 Å². The molecule has 2 heterocycles. The summed E-state index contributed by atoms with van der Waals surface area (Å²) >= 11 is 1.70. The molecule has 0 fully saturated rings. The molecule has 0 spiro atoms. The fourth-order valence-corrected chi connectivity index (χ4v) is 2.03. The average molecular weight is 236 g/mol. The second kappa shape index (κ2) is 4.89. The van der Waals surface area contributed by atoms with Crippen molar-refractivity contribution >= 4 is 17.2 Å². The Kier molecular flexibility index (Phi) is 3.31. The van der Waals surface area contributed by atoms with Crippen molar-refractivity contribution in [3.63, 3.8) is 0 Å². The van der Waals surface area contributed by atoms with Crippen molar-refractivity contribution in [3.8, 4) is 0 Å². The van der Waals surface area contributed by atoms with Crippen LogP contribution in [-0.2, 0) is 6.42 Å². The van der Waals surface area contributed by atoms with Gasteiger partial charge in [-0.25, -0.2) is 0 Å². The first-order valence-electron chi connectivity index (χ1n) is 4.91. The molecule has 0 aliphatic carbocycles. The minimum Gasteiger partial charge on any atom is -0.340 e. The number of H-pyrrole nitrogens is 1. The number of aromatic amines is 1. The maximum atomic E-state index is 11.8. The van der Waals surface area contributed by atoms with Crippen LogP contribution in [0.2, 0.25) is 0 Å². The van der Waals surface area contributed by atoms with E-state index in [4.69, 9.17) is 0 Å². The van der Waals surface area contributed by atoms with Gasteiger partial charge in [0.15, 0.2) is 5.69 Å². The summed E-state index contributed by atoms with van der Waals surface area (Å²) in [4.78, 5) is 14.7. The van der Waals surface area contributed by atoms with Gasteiger partial charge in [0.25, 0.3) is 5.91 Å². The van der Waals surface area contributed by atoms with Crippen LogP contribution in [-0.4, -0.2) is 39.8 Å². The first-order chi connectivity index (χ1) is 7.77. The smallest absolute Gasteiger partial charge is 0.275 e. The molecule has 0 aliphatic heterocycles. The molecule has 84 valence electrons. The van der Waals surface area contributed by atoms with Crippen molar-refractivity contribution in [1.29, 1.82) is 0 Å². The molecular weight excluding hydrogens is 224 g/mol. The summed E-state index contributed by atoms with van der Waals surface area (Å²) in [6.45, 7) is 0.687. The Morgan fingerprint density at radius 3 is 3.12 bits per heavy atom. The van der Waals surface area contributed by atoms with Gasteiger partial charge in [-0.05, 0) is 17.9 Å². The van der Waals surface area contributed by atoms with Crippen LogP contribution in [0.1, 0.15) is 15.4 Å². The summed E-state index contributed by atoms with van der Waals surface area (Å²) in [5.74, 6) is -0.106. The molecule has 6 heteroatoms. The zero-order chi connectivity index (χ0) is 11.4. The van der Waals surface area contributed by atoms with Gasteiger partial charge in [0.05, 0.1) is 6.20 Å². The molecule has 1 amide bonds. The number of carbonyl (C=O) groups excluding carboxylic acids is 1. The van der Waals surface area contributed by atoms with Crippen molar-refractivity contribution in [1.82, 2.24) is 20.3 Å². The van der Waals surface area contributed by atoms with Gasteiger partial charge in [0.1, 0.15) is 0 Å². The zero-order valence-corrected chi connectivity index (χ0v) is 9.70. The van der Waals surface area contributed by atoms with Gasteiger partial charge in [0, 0.05) is 18.5 Å². The van der Waals surface area contributed by atoms with Gasteiger partial charge in [-0.3, -0.25) is 4.79 Å². The molecular formula is C10H12N4OS. The average Bonchev–Trinajstić information content (AvgIpc) is 2.96. The van der Waals surface area contributed by atoms with Crippen LogP contribution in [0.4, 0.5) is 0 Å². The van der Waals surface area contributed by atoms with Crippen LogP contribution in [0, 0.1) is 0 Å². The molecule has 2 aromatic heterocycles. The molecule has 0 atom stereocenters. The van der Waals surface area contributed by atoms with Gasteiger partial charge in [-0.15, -0.1) is 11.3 Å². The summed E-state index contributed by atoms with van der Waals surface area (Å²) < 4.78 is 0. The third-order valence-corrected chi connectivity index (χ3v) is 3.19. The number of aromatic nitrogens is 3. The minimum absolute atomic E-state index is 0.106. The zero-order valence-electron chi connectivity index (χ0n) is 8.88. The molecule has 5 nitrogen and oxygen atoms in total. The van der Waals surface area contributed by atoms with Gasteiger partial charge < -0.3 is 4.90 Å². The Hall–Kier alpha value is -1.69. The maximum absolute atomic E-state index is 11.8. The van der Waals surface area contributed by atoms with E-state index in [1.807, 2.05) is 11.4 Å². The van der Waals surface area contributed by atoms with E-state index in [9.17, 15) is 4.79 Å². The topological polar surface area (TPSA) is 61.9 Å². The molecule has 0 saturated heterocycles. The summed E-state index contributed by atoms with van der Waals surface area (Å²) in [6.07, 6.45) is 2.31. The van der Waals surface area contributed by atoms with E-state index >= 15 is 0 Å².